The molecule has 4 rings (SSSR count). The van der Waals surface area contributed by atoms with E-state index in [0.717, 1.165) is 34.7 Å². The van der Waals surface area contributed by atoms with Crippen LogP contribution in [0, 0.1) is 13.8 Å². The lowest BCUT2D eigenvalue weighted by Crippen LogP contribution is -2.43. The Morgan fingerprint density at radius 3 is 2.30 bits per heavy atom. The SMILES string of the molecule is Cc1cccc(C)c1OC(=O)N(CC(Cc1ccccc1)Nc1ccc(OCCN(C)C)cc1)c1ccncn1. The molecule has 0 fully saturated rings. The normalized spacial score (nSPS) is 11.6. The maximum Gasteiger partial charge on any atom is 0.421 e. The van der Waals surface area contributed by atoms with E-state index in [0.29, 0.717) is 31.1 Å². The third-order valence-corrected chi connectivity index (χ3v) is 6.42. The predicted octanol–water partition coefficient (Wildman–Crippen LogP) is 5.76. The monoisotopic (exact) mass is 539 g/mol. The number of para-hydroxylation sites is 1. The largest absolute Gasteiger partial charge is 0.492 e. The molecule has 0 saturated heterocycles. The fourth-order valence-corrected chi connectivity index (χ4v) is 4.32. The molecule has 3 aromatic carbocycles. The van der Waals surface area contributed by atoms with Crippen molar-refractivity contribution in [2.45, 2.75) is 26.3 Å². The number of hydrogen-bond acceptors (Lipinski definition) is 7. The molecule has 40 heavy (non-hydrogen) atoms. The average Bonchev–Trinajstić information content (AvgIpc) is 2.95. The van der Waals surface area contributed by atoms with E-state index in [1.54, 1.807) is 17.2 Å². The second kappa shape index (κ2) is 14.1. The van der Waals surface area contributed by atoms with Gasteiger partial charge in [0.1, 0.15) is 30.3 Å². The summed E-state index contributed by atoms with van der Waals surface area (Å²) in [6, 6.07) is 25.5. The fraction of sp³-hybridized carbons (Fsp3) is 0.281. The molecular formula is C32H37N5O3. The third kappa shape index (κ3) is 8.28. The van der Waals surface area contributed by atoms with E-state index in [2.05, 4.69) is 32.3 Å². The molecule has 208 valence electrons. The topological polar surface area (TPSA) is 79.8 Å². The molecule has 1 atom stereocenters. The van der Waals surface area contributed by atoms with Crippen LogP contribution >= 0.6 is 0 Å². The van der Waals surface area contributed by atoms with E-state index in [4.69, 9.17) is 9.47 Å². The second-order valence-corrected chi connectivity index (χ2v) is 9.97. The Balaban J connectivity index is 1.57. The highest BCUT2D eigenvalue weighted by Gasteiger charge is 2.25. The maximum atomic E-state index is 13.6. The molecule has 8 nitrogen and oxygen atoms in total. The molecule has 0 aliphatic carbocycles. The molecule has 1 amide bonds. The van der Waals surface area contributed by atoms with Gasteiger partial charge in [-0.05, 0) is 81.4 Å². The van der Waals surface area contributed by atoms with Gasteiger partial charge in [0.05, 0.1) is 6.54 Å². The summed E-state index contributed by atoms with van der Waals surface area (Å²) in [4.78, 5) is 25.7. The zero-order valence-electron chi connectivity index (χ0n) is 23.6. The fourth-order valence-electron chi connectivity index (χ4n) is 4.32. The van der Waals surface area contributed by atoms with Crippen LogP contribution in [0.15, 0.2) is 91.4 Å². The Bertz CT molecular complexity index is 1330. The molecule has 0 aliphatic rings. The predicted molar refractivity (Wildman–Crippen MR) is 159 cm³/mol. The highest BCUT2D eigenvalue weighted by atomic mass is 16.6. The zero-order chi connectivity index (χ0) is 28.3. The summed E-state index contributed by atoms with van der Waals surface area (Å²) in [5, 5.41) is 3.61. The maximum absolute atomic E-state index is 13.6. The summed E-state index contributed by atoms with van der Waals surface area (Å²) < 4.78 is 11.8. The third-order valence-electron chi connectivity index (χ3n) is 6.42. The number of aromatic nitrogens is 2. The molecule has 1 N–H and O–H groups in total. The van der Waals surface area contributed by atoms with Crippen molar-refractivity contribution in [2.75, 3.05) is 44.0 Å². The molecule has 0 bridgehead atoms. The molecule has 1 aromatic heterocycles. The van der Waals surface area contributed by atoms with Gasteiger partial charge in [0, 0.05) is 24.5 Å². The lowest BCUT2D eigenvalue weighted by Gasteiger charge is -2.28. The number of rotatable bonds is 12. The summed E-state index contributed by atoms with van der Waals surface area (Å²) in [7, 11) is 4.04. The number of hydrogen-bond donors (Lipinski definition) is 1. The van der Waals surface area contributed by atoms with Crippen LogP contribution in [0.1, 0.15) is 16.7 Å². The molecule has 0 spiro atoms. The van der Waals surface area contributed by atoms with Crippen LogP contribution in [0.25, 0.3) is 0 Å². The molecule has 0 aliphatic heterocycles. The van der Waals surface area contributed by atoms with Crippen LogP contribution in [0.5, 0.6) is 11.5 Å². The summed E-state index contributed by atoms with van der Waals surface area (Å²) in [5.74, 6) is 1.84. The van der Waals surface area contributed by atoms with Crippen molar-refractivity contribution in [3.63, 3.8) is 0 Å². The van der Waals surface area contributed by atoms with Crippen molar-refractivity contribution in [3.8, 4) is 11.5 Å². The lowest BCUT2D eigenvalue weighted by atomic mass is 10.0. The van der Waals surface area contributed by atoms with E-state index >= 15 is 0 Å². The number of nitrogens with zero attached hydrogens (tertiary/aromatic N) is 4. The van der Waals surface area contributed by atoms with Gasteiger partial charge in [-0.2, -0.15) is 0 Å². The first-order valence-electron chi connectivity index (χ1n) is 13.4. The van der Waals surface area contributed by atoms with E-state index in [-0.39, 0.29) is 6.04 Å². The first kappa shape index (κ1) is 28.6. The van der Waals surface area contributed by atoms with Gasteiger partial charge in [-0.25, -0.2) is 14.8 Å². The first-order valence-corrected chi connectivity index (χ1v) is 13.4. The van der Waals surface area contributed by atoms with Crippen LogP contribution < -0.4 is 19.7 Å². The first-order chi connectivity index (χ1) is 19.4. The Hall–Kier alpha value is -4.43. The van der Waals surface area contributed by atoms with Crippen LogP contribution in [-0.2, 0) is 6.42 Å². The highest BCUT2D eigenvalue weighted by molar-refractivity contribution is 5.88. The number of amides is 1. The van der Waals surface area contributed by atoms with Crippen molar-refractivity contribution in [1.29, 1.82) is 0 Å². The van der Waals surface area contributed by atoms with Crippen LogP contribution in [-0.4, -0.2) is 60.8 Å². The minimum Gasteiger partial charge on any atom is -0.492 e. The number of anilines is 2. The summed E-state index contributed by atoms with van der Waals surface area (Å²) in [6.45, 7) is 5.64. The quantitative estimate of drug-likeness (QED) is 0.245. The van der Waals surface area contributed by atoms with Crippen molar-refractivity contribution >= 4 is 17.6 Å². The number of carbonyl (C=O) groups is 1. The molecular weight excluding hydrogens is 502 g/mol. The van der Waals surface area contributed by atoms with E-state index in [1.807, 2.05) is 88.6 Å². The van der Waals surface area contributed by atoms with Crippen LogP contribution in [0.4, 0.5) is 16.3 Å². The number of carbonyl (C=O) groups excluding carboxylic acids is 1. The van der Waals surface area contributed by atoms with Gasteiger partial charge >= 0.3 is 6.09 Å². The molecule has 1 unspecified atom stereocenters. The van der Waals surface area contributed by atoms with Gasteiger partial charge in [-0.3, -0.25) is 4.90 Å². The van der Waals surface area contributed by atoms with Gasteiger partial charge in [0.25, 0.3) is 0 Å². The highest BCUT2D eigenvalue weighted by Crippen LogP contribution is 2.25. The van der Waals surface area contributed by atoms with Crippen LogP contribution in [0.3, 0.4) is 0 Å². The van der Waals surface area contributed by atoms with Gasteiger partial charge in [-0.1, -0.05) is 48.5 Å². The standard InChI is InChI=1S/C32H37N5O3/c1-24-9-8-10-25(2)31(24)40-32(38)37(30-17-18-33-23-34-30)22-28(21-26-11-6-5-7-12-26)35-27-13-15-29(16-14-27)39-20-19-36(3)4/h5-18,23,28,35H,19-22H2,1-4H3. The Labute approximate surface area is 236 Å². The summed E-state index contributed by atoms with van der Waals surface area (Å²) in [6.07, 6.45) is 3.24. The molecule has 0 radical (unpaired) electrons. The Kier molecular flexibility index (Phi) is 10.1. The summed E-state index contributed by atoms with van der Waals surface area (Å²) >= 11 is 0. The lowest BCUT2D eigenvalue weighted by molar-refractivity contribution is 0.206. The van der Waals surface area contributed by atoms with Crippen molar-refractivity contribution in [3.05, 3.63) is 108 Å². The number of ether oxygens (including phenoxy) is 2. The zero-order valence-corrected chi connectivity index (χ0v) is 23.6. The van der Waals surface area contributed by atoms with Crippen molar-refractivity contribution < 1.29 is 14.3 Å². The number of benzene rings is 3. The number of aryl methyl sites for hydroxylation is 2. The molecule has 0 saturated carbocycles. The van der Waals surface area contributed by atoms with Crippen molar-refractivity contribution in [2.24, 2.45) is 0 Å². The summed E-state index contributed by atoms with van der Waals surface area (Å²) in [5.41, 5.74) is 3.85. The van der Waals surface area contributed by atoms with Gasteiger partial charge in [0.2, 0.25) is 0 Å². The van der Waals surface area contributed by atoms with E-state index in [9.17, 15) is 4.79 Å². The van der Waals surface area contributed by atoms with Gasteiger partial charge < -0.3 is 19.7 Å². The molecule has 4 aromatic rings. The average molecular weight is 540 g/mol. The molecule has 8 heteroatoms. The van der Waals surface area contributed by atoms with E-state index in [1.165, 1.54) is 6.33 Å². The second-order valence-electron chi connectivity index (χ2n) is 9.97. The Morgan fingerprint density at radius 1 is 0.925 bits per heavy atom. The smallest absolute Gasteiger partial charge is 0.421 e. The van der Waals surface area contributed by atoms with Gasteiger partial charge in [0.15, 0.2) is 0 Å². The van der Waals surface area contributed by atoms with Gasteiger partial charge in [-0.15, -0.1) is 0 Å². The van der Waals surface area contributed by atoms with E-state index < -0.39 is 6.09 Å². The minimum atomic E-state index is -0.499. The minimum absolute atomic E-state index is 0.150. The number of nitrogens with one attached hydrogen (secondary N) is 1. The Morgan fingerprint density at radius 2 is 1.65 bits per heavy atom. The molecule has 1 heterocycles. The van der Waals surface area contributed by atoms with Crippen LogP contribution in [0.2, 0.25) is 0 Å². The number of likely N-dealkylation sites (N-methyl/N-ethyl adjacent to an activating group) is 1. The van der Waals surface area contributed by atoms with Crippen molar-refractivity contribution in [1.82, 2.24) is 14.9 Å².